The first-order valence-electron chi connectivity index (χ1n) is 4.93. The first-order chi connectivity index (χ1) is 8.20. The fraction of sp³-hybridized carbons (Fsp3) is 0. The molecule has 0 fully saturated rings. The zero-order valence-electron chi connectivity index (χ0n) is 8.52. The lowest BCUT2D eigenvalue weighted by atomic mass is 10.2. The number of benzene rings is 2. The average Bonchev–Trinajstić information content (AvgIpc) is 2.62. The predicted octanol–water partition coefficient (Wildman–Crippen LogP) is 4.85. The fourth-order valence-electron chi connectivity index (χ4n) is 2.04. The number of rotatable bonds is 1. The number of halogens is 2. The highest BCUT2D eigenvalue weighted by Crippen LogP contribution is 2.32. The van der Waals surface area contributed by atoms with Gasteiger partial charge in [0.2, 0.25) is 0 Å². The molecule has 3 aromatic rings. The molecule has 0 amide bonds. The molecule has 84 valence electrons. The summed E-state index contributed by atoms with van der Waals surface area (Å²) in [6.07, 6.45) is 0. The monoisotopic (exact) mass is 352 g/mol. The van der Waals surface area contributed by atoms with E-state index < -0.39 is 0 Å². The van der Waals surface area contributed by atoms with Crippen LogP contribution in [0.5, 0.6) is 0 Å². The summed E-state index contributed by atoms with van der Waals surface area (Å²) in [5.41, 5.74) is 1.63. The molecule has 0 aliphatic carbocycles. The molecule has 0 spiro atoms. The van der Waals surface area contributed by atoms with Crippen LogP contribution in [0.3, 0.4) is 0 Å². The normalized spacial score (nSPS) is 11.2. The number of hydrogen-bond acceptors (Lipinski definition) is 2. The van der Waals surface area contributed by atoms with Crippen LogP contribution >= 0.6 is 31.9 Å². The third kappa shape index (κ3) is 1.61. The molecule has 0 saturated heterocycles. The van der Waals surface area contributed by atoms with Crippen LogP contribution in [-0.2, 0) is 0 Å². The van der Waals surface area contributed by atoms with Crippen molar-refractivity contribution in [1.29, 1.82) is 0 Å². The Hall–Kier alpha value is -1.20. The van der Waals surface area contributed by atoms with Crippen molar-refractivity contribution in [3.05, 3.63) is 50.3 Å². The van der Waals surface area contributed by atoms with E-state index in [4.69, 9.17) is 0 Å². The predicted molar refractivity (Wildman–Crippen MR) is 76.0 cm³/mol. The Morgan fingerprint density at radius 1 is 0.882 bits per heavy atom. The third-order valence-electron chi connectivity index (χ3n) is 2.75. The van der Waals surface area contributed by atoms with E-state index in [1.54, 1.807) is 0 Å². The number of aromatic nitrogens is 1. The largest absolute Gasteiger partial charge is 0.196 e. The van der Waals surface area contributed by atoms with Crippen molar-refractivity contribution >= 4 is 53.7 Å². The van der Waals surface area contributed by atoms with Gasteiger partial charge in [0.15, 0.2) is 0 Å². The summed E-state index contributed by atoms with van der Waals surface area (Å²) in [4.78, 5) is 11.0. The van der Waals surface area contributed by atoms with Gasteiger partial charge in [0, 0.05) is 19.7 Å². The van der Waals surface area contributed by atoms with Crippen LogP contribution in [0.15, 0.2) is 50.6 Å². The maximum Gasteiger partial charge on any atom is 0.0765 e. The summed E-state index contributed by atoms with van der Waals surface area (Å²) in [5.74, 6) is 0. The Morgan fingerprint density at radius 3 is 1.76 bits per heavy atom. The van der Waals surface area contributed by atoms with E-state index in [2.05, 4.69) is 37.1 Å². The van der Waals surface area contributed by atoms with Crippen LogP contribution in [0.25, 0.3) is 21.8 Å². The molecule has 0 aliphatic heterocycles. The minimum absolute atomic E-state index is 0.816. The molecule has 0 radical (unpaired) electrons. The minimum Gasteiger partial charge on any atom is -0.196 e. The molecule has 0 aliphatic rings. The van der Waals surface area contributed by atoms with E-state index in [9.17, 15) is 4.91 Å². The van der Waals surface area contributed by atoms with Crippen LogP contribution in [0, 0.1) is 4.91 Å². The van der Waals surface area contributed by atoms with Gasteiger partial charge in [-0.2, -0.15) is 4.68 Å². The summed E-state index contributed by atoms with van der Waals surface area (Å²) in [6.45, 7) is 0. The van der Waals surface area contributed by atoms with E-state index in [-0.39, 0.29) is 0 Å². The van der Waals surface area contributed by atoms with Gasteiger partial charge in [-0.05, 0) is 36.4 Å². The van der Waals surface area contributed by atoms with Crippen molar-refractivity contribution in [1.82, 2.24) is 4.68 Å². The Balaban J connectivity index is 2.61. The summed E-state index contributed by atoms with van der Waals surface area (Å²) in [6, 6.07) is 11.6. The van der Waals surface area contributed by atoms with Gasteiger partial charge in [-0.3, -0.25) is 0 Å². The standard InChI is InChI=1S/C12H6Br2N2O/c13-7-1-3-11-9(5-7)10-6-8(14)2-4-12(10)16(11)15-17/h1-6H. The topological polar surface area (TPSA) is 34.4 Å². The maximum atomic E-state index is 11.0. The maximum absolute atomic E-state index is 11.0. The van der Waals surface area contributed by atoms with Gasteiger partial charge >= 0.3 is 0 Å². The summed E-state index contributed by atoms with van der Waals surface area (Å²) in [7, 11) is 0. The molecular weight excluding hydrogens is 348 g/mol. The van der Waals surface area contributed by atoms with Gasteiger partial charge in [0.05, 0.1) is 16.3 Å². The zero-order chi connectivity index (χ0) is 12.0. The lowest BCUT2D eigenvalue weighted by Gasteiger charge is -1.94. The van der Waals surface area contributed by atoms with Gasteiger partial charge in [0.1, 0.15) is 0 Å². The fourth-order valence-corrected chi connectivity index (χ4v) is 2.76. The van der Waals surface area contributed by atoms with Crippen molar-refractivity contribution in [2.45, 2.75) is 0 Å². The number of nitroso groups, excluding NO2 is 1. The lowest BCUT2D eigenvalue weighted by molar-refractivity contribution is 0.953. The van der Waals surface area contributed by atoms with Crippen LogP contribution in [0.1, 0.15) is 0 Å². The van der Waals surface area contributed by atoms with E-state index in [1.807, 2.05) is 36.4 Å². The van der Waals surface area contributed by atoms with E-state index in [0.717, 1.165) is 30.8 Å². The Kier molecular flexibility index (Phi) is 2.52. The number of hydrogen-bond donors (Lipinski definition) is 0. The zero-order valence-corrected chi connectivity index (χ0v) is 11.7. The Labute approximate surface area is 114 Å². The molecule has 3 rings (SSSR count). The molecule has 0 N–H and O–H groups in total. The lowest BCUT2D eigenvalue weighted by Crippen LogP contribution is -1.84. The minimum atomic E-state index is 0.816. The second-order valence-electron chi connectivity index (χ2n) is 3.72. The molecule has 3 nitrogen and oxygen atoms in total. The molecule has 0 saturated carbocycles. The molecule has 1 heterocycles. The number of fused-ring (bicyclic) bond motifs is 3. The van der Waals surface area contributed by atoms with Gasteiger partial charge in [-0.1, -0.05) is 31.9 Å². The van der Waals surface area contributed by atoms with Crippen molar-refractivity contribution in [3.63, 3.8) is 0 Å². The van der Waals surface area contributed by atoms with Gasteiger partial charge < -0.3 is 0 Å². The van der Waals surface area contributed by atoms with Crippen molar-refractivity contribution in [2.24, 2.45) is 5.29 Å². The Bertz CT molecular complexity index is 690. The van der Waals surface area contributed by atoms with Crippen molar-refractivity contribution in [3.8, 4) is 0 Å². The molecular formula is C12H6Br2N2O. The summed E-state index contributed by atoms with van der Waals surface area (Å²) >= 11 is 6.88. The van der Waals surface area contributed by atoms with Crippen LogP contribution in [0.2, 0.25) is 0 Å². The molecule has 1 aromatic heterocycles. The summed E-state index contributed by atoms with van der Waals surface area (Å²) in [5, 5.41) is 5.10. The smallest absolute Gasteiger partial charge is 0.0765 e. The molecule has 0 atom stereocenters. The van der Waals surface area contributed by atoms with Gasteiger partial charge in [0.25, 0.3) is 0 Å². The summed E-state index contributed by atoms with van der Waals surface area (Å²) < 4.78 is 3.38. The van der Waals surface area contributed by atoms with Crippen LogP contribution in [-0.4, -0.2) is 4.68 Å². The van der Waals surface area contributed by atoms with E-state index in [1.165, 1.54) is 4.68 Å². The highest BCUT2D eigenvalue weighted by molar-refractivity contribution is 9.10. The van der Waals surface area contributed by atoms with Crippen LogP contribution < -0.4 is 0 Å². The SMILES string of the molecule is O=Nn1c2ccc(Br)cc2c2cc(Br)ccc21. The first kappa shape index (κ1) is 10.9. The van der Waals surface area contributed by atoms with Crippen LogP contribution in [0.4, 0.5) is 0 Å². The van der Waals surface area contributed by atoms with Gasteiger partial charge in [-0.25, -0.2) is 0 Å². The first-order valence-corrected chi connectivity index (χ1v) is 6.52. The second kappa shape index (κ2) is 3.92. The van der Waals surface area contributed by atoms with E-state index >= 15 is 0 Å². The molecule has 17 heavy (non-hydrogen) atoms. The van der Waals surface area contributed by atoms with E-state index in [0.29, 0.717) is 0 Å². The van der Waals surface area contributed by atoms with Crippen molar-refractivity contribution < 1.29 is 0 Å². The highest BCUT2D eigenvalue weighted by atomic mass is 79.9. The molecule has 5 heteroatoms. The third-order valence-corrected chi connectivity index (χ3v) is 3.73. The molecule has 2 aromatic carbocycles. The second-order valence-corrected chi connectivity index (χ2v) is 5.55. The number of nitrogens with zero attached hydrogens (tertiary/aromatic N) is 2. The quantitative estimate of drug-likeness (QED) is 0.576. The highest BCUT2D eigenvalue weighted by Gasteiger charge is 2.11. The van der Waals surface area contributed by atoms with Crippen molar-refractivity contribution in [2.75, 3.05) is 0 Å². The molecule has 0 unspecified atom stereocenters. The molecule has 0 bridgehead atoms. The Morgan fingerprint density at radius 2 is 1.35 bits per heavy atom. The van der Waals surface area contributed by atoms with Gasteiger partial charge in [-0.15, -0.1) is 4.91 Å². The average molecular weight is 354 g/mol.